The molecule has 0 aliphatic heterocycles. The zero-order valence-corrected chi connectivity index (χ0v) is 15.1. The molecule has 0 saturated heterocycles. The second-order valence-corrected chi connectivity index (χ2v) is 7.90. The van der Waals surface area contributed by atoms with Crippen LogP contribution in [-0.4, -0.2) is 10.9 Å². The van der Waals surface area contributed by atoms with Gasteiger partial charge >= 0.3 is 0 Å². The SMILES string of the molecule is O=C(Cc1cccs1)Nc1ccc(Cc2nc3ccccc3s2)cc1. The van der Waals surface area contributed by atoms with E-state index in [1.165, 1.54) is 10.3 Å². The number of rotatable bonds is 5. The van der Waals surface area contributed by atoms with Crippen molar-refractivity contribution >= 4 is 44.5 Å². The second kappa shape index (κ2) is 7.17. The molecule has 5 heteroatoms. The van der Waals surface area contributed by atoms with Gasteiger partial charge in [0, 0.05) is 17.0 Å². The predicted octanol–water partition coefficient (Wildman–Crippen LogP) is 5.13. The molecule has 0 aliphatic rings. The third-order valence-corrected chi connectivity index (χ3v) is 5.76. The lowest BCUT2D eigenvalue weighted by Gasteiger charge is -2.05. The fraction of sp³-hybridized carbons (Fsp3) is 0.100. The number of carbonyl (C=O) groups excluding carboxylic acids is 1. The number of nitrogens with zero attached hydrogens (tertiary/aromatic N) is 1. The molecule has 0 aliphatic carbocycles. The van der Waals surface area contributed by atoms with E-state index in [1.54, 1.807) is 22.7 Å². The Balaban J connectivity index is 1.40. The van der Waals surface area contributed by atoms with Crippen LogP contribution in [0.5, 0.6) is 0 Å². The third kappa shape index (κ3) is 3.95. The average Bonchev–Trinajstić information content (AvgIpc) is 3.25. The normalized spacial score (nSPS) is 10.9. The summed E-state index contributed by atoms with van der Waals surface area (Å²) in [5.74, 6) is 0.0152. The summed E-state index contributed by atoms with van der Waals surface area (Å²) in [6.45, 7) is 0. The van der Waals surface area contributed by atoms with Crippen LogP contribution < -0.4 is 5.32 Å². The van der Waals surface area contributed by atoms with Gasteiger partial charge in [0.2, 0.25) is 5.91 Å². The van der Waals surface area contributed by atoms with Gasteiger partial charge in [-0.15, -0.1) is 22.7 Å². The molecule has 0 fully saturated rings. The molecular formula is C20H16N2OS2. The first kappa shape index (κ1) is 16.0. The van der Waals surface area contributed by atoms with Gasteiger partial charge in [-0.05, 0) is 41.3 Å². The number of anilines is 1. The Morgan fingerprint density at radius 1 is 1.00 bits per heavy atom. The lowest BCUT2D eigenvalue weighted by molar-refractivity contribution is -0.115. The summed E-state index contributed by atoms with van der Waals surface area (Å²) >= 11 is 3.33. The summed E-state index contributed by atoms with van der Waals surface area (Å²) in [7, 11) is 0. The van der Waals surface area contributed by atoms with E-state index in [-0.39, 0.29) is 5.91 Å². The first-order chi connectivity index (χ1) is 12.3. The van der Waals surface area contributed by atoms with Crippen LogP contribution in [-0.2, 0) is 17.6 Å². The maximum absolute atomic E-state index is 12.0. The molecule has 124 valence electrons. The number of benzene rings is 2. The Kier molecular flexibility index (Phi) is 4.59. The highest BCUT2D eigenvalue weighted by Gasteiger charge is 2.07. The Bertz CT molecular complexity index is 955. The van der Waals surface area contributed by atoms with Crippen LogP contribution >= 0.6 is 22.7 Å². The van der Waals surface area contributed by atoms with Gasteiger partial charge in [-0.2, -0.15) is 0 Å². The van der Waals surface area contributed by atoms with Crippen molar-refractivity contribution in [1.29, 1.82) is 0 Å². The molecule has 2 aromatic carbocycles. The summed E-state index contributed by atoms with van der Waals surface area (Å²) < 4.78 is 1.22. The summed E-state index contributed by atoms with van der Waals surface area (Å²) in [5, 5.41) is 6.04. The Labute approximate surface area is 154 Å². The van der Waals surface area contributed by atoms with Crippen molar-refractivity contribution in [3.05, 3.63) is 81.5 Å². The van der Waals surface area contributed by atoms with Crippen molar-refractivity contribution in [2.24, 2.45) is 0 Å². The minimum atomic E-state index is 0.0152. The fourth-order valence-electron chi connectivity index (χ4n) is 2.65. The molecule has 0 bridgehead atoms. The van der Waals surface area contributed by atoms with Crippen LogP contribution in [0.1, 0.15) is 15.4 Å². The van der Waals surface area contributed by atoms with Crippen molar-refractivity contribution in [1.82, 2.24) is 4.98 Å². The molecule has 1 amide bonds. The van der Waals surface area contributed by atoms with Gasteiger partial charge < -0.3 is 5.32 Å². The number of carbonyl (C=O) groups is 1. The quantitative estimate of drug-likeness (QED) is 0.533. The van der Waals surface area contributed by atoms with E-state index in [4.69, 9.17) is 0 Å². The van der Waals surface area contributed by atoms with Crippen molar-refractivity contribution in [3.63, 3.8) is 0 Å². The number of hydrogen-bond acceptors (Lipinski definition) is 4. The maximum Gasteiger partial charge on any atom is 0.229 e. The Morgan fingerprint density at radius 3 is 2.60 bits per heavy atom. The molecular weight excluding hydrogens is 348 g/mol. The highest BCUT2D eigenvalue weighted by atomic mass is 32.1. The van der Waals surface area contributed by atoms with Gasteiger partial charge in [0.25, 0.3) is 0 Å². The molecule has 25 heavy (non-hydrogen) atoms. The number of fused-ring (bicyclic) bond motifs is 1. The number of thiazole rings is 1. The van der Waals surface area contributed by atoms with Crippen LogP contribution in [0.2, 0.25) is 0 Å². The summed E-state index contributed by atoms with van der Waals surface area (Å²) in [5.41, 5.74) is 3.07. The number of thiophene rings is 1. The van der Waals surface area contributed by atoms with Crippen molar-refractivity contribution in [2.45, 2.75) is 12.8 Å². The summed E-state index contributed by atoms with van der Waals surface area (Å²) in [6, 6.07) is 20.1. The van der Waals surface area contributed by atoms with Crippen molar-refractivity contribution in [2.75, 3.05) is 5.32 Å². The lowest BCUT2D eigenvalue weighted by atomic mass is 10.1. The van der Waals surface area contributed by atoms with Gasteiger partial charge in [-0.3, -0.25) is 4.79 Å². The lowest BCUT2D eigenvalue weighted by Crippen LogP contribution is -2.13. The van der Waals surface area contributed by atoms with Crippen molar-refractivity contribution in [3.8, 4) is 0 Å². The number of para-hydroxylation sites is 1. The van der Waals surface area contributed by atoms with E-state index in [9.17, 15) is 4.79 Å². The number of hydrogen-bond donors (Lipinski definition) is 1. The smallest absolute Gasteiger partial charge is 0.229 e. The summed E-state index contributed by atoms with van der Waals surface area (Å²) in [6.07, 6.45) is 1.23. The Morgan fingerprint density at radius 2 is 1.84 bits per heavy atom. The molecule has 3 nitrogen and oxygen atoms in total. The first-order valence-electron chi connectivity index (χ1n) is 8.02. The summed E-state index contributed by atoms with van der Waals surface area (Å²) in [4.78, 5) is 17.8. The van der Waals surface area contributed by atoms with E-state index < -0.39 is 0 Å². The number of aromatic nitrogens is 1. The molecule has 4 rings (SSSR count). The molecule has 1 N–H and O–H groups in total. The predicted molar refractivity (Wildman–Crippen MR) is 106 cm³/mol. The van der Waals surface area contributed by atoms with E-state index in [0.29, 0.717) is 6.42 Å². The Hall–Kier alpha value is -2.50. The molecule has 0 atom stereocenters. The van der Waals surface area contributed by atoms with Gasteiger partial charge in [-0.25, -0.2) is 4.98 Å². The van der Waals surface area contributed by atoms with Crippen LogP contribution in [0, 0.1) is 0 Å². The van der Waals surface area contributed by atoms with Crippen molar-refractivity contribution < 1.29 is 4.79 Å². The zero-order valence-electron chi connectivity index (χ0n) is 13.4. The van der Waals surface area contributed by atoms with E-state index >= 15 is 0 Å². The molecule has 2 heterocycles. The first-order valence-corrected chi connectivity index (χ1v) is 9.71. The molecule has 0 unspecified atom stereocenters. The molecule has 2 aromatic heterocycles. The molecule has 0 spiro atoms. The van der Waals surface area contributed by atoms with Gasteiger partial charge in [0.05, 0.1) is 21.6 Å². The van der Waals surface area contributed by atoms with Crippen LogP contribution in [0.15, 0.2) is 66.0 Å². The minimum absolute atomic E-state index is 0.0152. The number of amides is 1. The monoisotopic (exact) mass is 364 g/mol. The van der Waals surface area contributed by atoms with E-state index in [0.717, 1.165) is 27.5 Å². The highest BCUT2D eigenvalue weighted by Crippen LogP contribution is 2.24. The van der Waals surface area contributed by atoms with Crippen LogP contribution in [0.25, 0.3) is 10.2 Å². The maximum atomic E-state index is 12.0. The topological polar surface area (TPSA) is 42.0 Å². The van der Waals surface area contributed by atoms with Gasteiger partial charge in [0.1, 0.15) is 0 Å². The van der Waals surface area contributed by atoms with E-state index in [1.807, 2.05) is 60.0 Å². The highest BCUT2D eigenvalue weighted by molar-refractivity contribution is 7.18. The van der Waals surface area contributed by atoms with E-state index in [2.05, 4.69) is 16.4 Å². The van der Waals surface area contributed by atoms with Crippen LogP contribution in [0.3, 0.4) is 0 Å². The zero-order chi connectivity index (χ0) is 17.1. The van der Waals surface area contributed by atoms with Gasteiger partial charge in [0.15, 0.2) is 0 Å². The number of nitrogens with one attached hydrogen (secondary N) is 1. The molecule has 0 saturated carbocycles. The fourth-order valence-corrected chi connectivity index (χ4v) is 4.36. The molecule has 0 radical (unpaired) electrons. The largest absolute Gasteiger partial charge is 0.326 e. The molecule has 4 aromatic rings. The minimum Gasteiger partial charge on any atom is -0.326 e. The van der Waals surface area contributed by atoms with Crippen LogP contribution in [0.4, 0.5) is 5.69 Å². The third-order valence-electron chi connectivity index (χ3n) is 3.85. The second-order valence-electron chi connectivity index (χ2n) is 5.75. The standard InChI is InChI=1S/C20H16N2OS2/c23-19(13-16-4-3-11-24-16)21-15-9-7-14(8-10-15)12-20-22-17-5-1-2-6-18(17)25-20/h1-11H,12-13H2,(H,21,23). The average molecular weight is 364 g/mol. The van der Waals surface area contributed by atoms with Gasteiger partial charge in [-0.1, -0.05) is 30.3 Å².